The van der Waals surface area contributed by atoms with Crippen LogP contribution in [0.1, 0.15) is 45.4 Å². The highest BCUT2D eigenvalue weighted by atomic mass is 16.2. The number of nitrogens with one attached hydrogen (secondary N) is 1. The van der Waals surface area contributed by atoms with Crippen molar-refractivity contribution in [1.82, 2.24) is 10.2 Å². The maximum atomic E-state index is 12.3. The molecular weight excluding hydrogens is 216 g/mol. The Morgan fingerprint density at radius 2 is 2.12 bits per heavy atom. The molecule has 0 radical (unpaired) electrons. The van der Waals surface area contributed by atoms with Gasteiger partial charge in [-0.2, -0.15) is 0 Å². The van der Waals surface area contributed by atoms with Crippen LogP contribution in [0.3, 0.4) is 0 Å². The molecule has 1 aliphatic heterocycles. The van der Waals surface area contributed by atoms with Gasteiger partial charge < -0.3 is 15.3 Å². The summed E-state index contributed by atoms with van der Waals surface area (Å²) in [6, 6.07) is 0. The van der Waals surface area contributed by atoms with E-state index in [4.69, 9.17) is 5.11 Å². The minimum Gasteiger partial charge on any atom is -0.396 e. The highest BCUT2D eigenvalue weighted by Crippen LogP contribution is 2.20. The maximum Gasteiger partial charge on any atom is 0.242 e. The smallest absolute Gasteiger partial charge is 0.242 e. The van der Waals surface area contributed by atoms with Gasteiger partial charge in [-0.05, 0) is 52.0 Å². The average molecular weight is 242 g/mol. The molecule has 0 spiro atoms. The summed E-state index contributed by atoms with van der Waals surface area (Å²) >= 11 is 0. The van der Waals surface area contributed by atoms with Gasteiger partial charge >= 0.3 is 0 Å². The van der Waals surface area contributed by atoms with E-state index in [1.54, 1.807) is 0 Å². The Hall–Kier alpha value is -0.610. The molecule has 0 aromatic rings. The third-order valence-corrected chi connectivity index (χ3v) is 3.59. The van der Waals surface area contributed by atoms with Crippen molar-refractivity contribution in [2.75, 3.05) is 26.7 Å². The quantitative estimate of drug-likeness (QED) is 0.687. The van der Waals surface area contributed by atoms with Crippen LogP contribution in [0.5, 0.6) is 0 Å². The third kappa shape index (κ3) is 4.28. The Morgan fingerprint density at radius 1 is 1.35 bits per heavy atom. The minimum atomic E-state index is -0.357. The second-order valence-corrected chi connectivity index (χ2v) is 5.23. The van der Waals surface area contributed by atoms with Crippen LogP contribution in [0.25, 0.3) is 0 Å². The Morgan fingerprint density at radius 3 is 2.71 bits per heavy atom. The van der Waals surface area contributed by atoms with E-state index in [1.807, 2.05) is 18.9 Å². The maximum absolute atomic E-state index is 12.3. The molecule has 1 aliphatic rings. The van der Waals surface area contributed by atoms with Crippen molar-refractivity contribution in [3.63, 3.8) is 0 Å². The summed E-state index contributed by atoms with van der Waals surface area (Å²) in [6.45, 7) is 3.99. The molecule has 17 heavy (non-hydrogen) atoms. The normalized spacial score (nSPS) is 24.6. The van der Waals surface area contributed by atoms with Crippen molar-refractivity contribution in [2.24, 2.45) is 0 Å². The second-order valence-electron chi connectivity index (χ2n) is 5.23. The highest BCUT2D eigenvalue weighted by molar-refractivity contribution is 5.85. The first-order valence-electron chi connectivity index (χ1n) is 6.71. The Labute approximate surface area is 104 Å². The molecule has 0 bridgehead atoms. The van der Waals surface area contributed by atoms with E-state index in [1.165, 1.54) is 6.42 Å². The lowest BCUT2D eigenvalue weighted by Crippen LogP contribution is -2.57. The Balaban J connectivity index is 2.34. The zero-order chi connectivity index (χ0) is 12.7. The molecule has 1 rings (SSSR count). The fourth-order valence-corrected chi connectivity index (χ4v) is 2.40. The molecule has 4 heteroatoms. The number of piperidine rings is 1. The van der Waals surface area contributed by atoms with Crippen molar-refractivity contribution in [3.05, 3.63) is 0 Å². The monoisotopic (exact) mass is 242 g/mol. The minimum absolute atomic E-state index is 0.209. The molecule has 2 N–H and O–H groups in total. The summed E-state index contributed by atoms with van der Waals surface area (Å²) in [5.41, 5.74) is -0.357. The molecule has 1 fully saturated rings. The van der Waals surface area contributed by atoms with Crippen molar-refractivity contribution in [3.8, 4) is 0 Å². The number of rotatable bonds is 6. The molecule has 1 unspecified atom stereocenters. The summed E-state index contributed by atoms with van der Waals surface area (Å²) in [4.78, 5) is 14.1. The van der Waals surface area contributed by atoms with Crippen LogP contribution in [-0.4, -0.2) is 48.2 Å². The Kier molecular flexibility index (Phi) is 5.92. The predicted molar refractivity (Wildman–Crippen MR) is 68.8 cm³/mol. The number of amides is 1. The predicted octanol–water partition coefficient (Wildman–Crippen LogP) is 1.14. The molecule has 1 heterocycles. The van der Waals surface area contributed by atoms with Gasteiger partial charge in [0.25, 0.3) is 0 Å². The lowest BCUT2D eigenvalue weighted by atomic mass is 9.89. The second kappa shape index (κ2) is 6.97. The van der Waals surface area contributed by atoms with Gasteiger partial charge in [0.15, 0.2) is 0 Å². The first kappa shape index (κ1) is 14.5. The van der Waals surface area contributed by atoms with Crippen molar-refractivity contribution in [1.29, 1.82) is 0 Å². The van der Waals surface area contributed by atoms with Crippen LogP contribution in [0.4, 0.5) is 0 Å². The summed E-state index contributed by atoms with van der Waals surface area (Å²) in [6.07, 6.45) is 6.03. The van der Waals surface area contributed by atoms with Crippen LogP contribution in [-0.2, 0) is 4.79 Å². The molecule has 1 amide bonds. The summed E-state index contributed by atoms with van der Waals surface area (Å²) < 4.78 is 0. The number of hydrogen-bond donors (Lipinski definition) is 2. The van der Waals surface area contributed by atoms with E-state index in [0.29, 0.717) is 0 Å². The molecule has 4 nitrogen and oxygen atoms in total. The van der Waals surface area contributed by atoms with E-state index in [2.05, 4.69) is 5.32 Å². The van der Waals surface area contributed by atoms with Gasteiger partial charge in [-0.15, -0.1) is 0 Å². The molecule has 1 saturated heterocycles. The lowest BCUT2D eigenvalue weighted by Gasteiger charge is -2.36. The molecule has 0 aromatic heterocycles. The zero-order valence-electron chi connectivity index (χ0n) is 11.2. The standard InChI is InChI=1S/C13H26N2O2/c1-13(8-4-5-9-14-13)12(17)15(2)10-6-3-7-11-16/h14,16H,3-11H2,1-2H3. The van der Waals surface area contributed by atoms with Crippen LogP contribution in [0, 0.1) is 0 Å². The van der Waals surface area contributed by atoms with Crippen LogP contribution in [0.15, 0.2) is 0 Å². The van der Waals surface area contributed by atoms with Gasteiger partial charge in [-0.3, -0.25) is 4.79 Å². The number of carbonyl (C=O) groups is 1. The molecule has 0 saturated carbocycles. The number of aliphatic hydroxyl groups excluding tert-OH is 1. The van der Waals surface area contributed by atoms with Crippen molar-refractivity contribution in [2.45, 2.75) is 51.0 Å². The lowest BCUT2D eigenvalue weighted by molar-refractivity contribution is -0.137. The number of unbranched alkanes of at least 4 members (excludes halogenated alkanes) is 2. The van der Waals surface area contributed by atoms with E-state index in [0.717, 1.165) is 45.2 Å². The van der Waals surface area contributed by atoms with Gasteiger partial charge in [0.2, 0.25) is 5.91 Å². The molecular formula is C13H26N2O2. The Bertz CT molecular complexity index is 238. The topological polar surface area (TPSA) is 52.6 Å². The van der Waals surface area contributed by atoms with Crippen LogP contribution < -0.4 is 5.32 Å². The van der Waals surface area contributed by atoms with E-state index in [-0.39, 0.29) is 18.1 Å². The zero-order valence-corrected chi connectivity index (χ0v) is 11.2. The van der Waals surface area contributed by atoms with E-state index < -0.39 is 0 Å². The molecule has 1 atom stereocenters. The van der Waals surface area contributed by atoms with Crippen molar-refractivity contribution >= 4 is 5.91 Å². The van der Waals surface area contributed by atoms with E-state index in [9.17, 15) is 4.79 Å². The van der Waals surface area contributed by atoms with E-state index >= 15 is 0 Å². The highest BCUT2D eigenvalue weighted by Gasteiger charge is 2.35. The number of aliphatic hydroxyl groups is 1. The van der Waals surface area contributed by atoms with Gasteiger partial charge in [-0.25, -0.2) is 0 Å². The number of likely N-dealkylation sites (N-methyl/N-ethyl adjacent to an activating group) is 1. The molecule has 100 valence electrons. The third-order valence-electron chi connectivity index (χ3n) is 3.59. The molecule has 0 aromatic carbocycles. The number of hydrogen-bond acceptors (Lipinski definition) is 3. The van der Waals surface area contributed by atoms with Crippen LogP contribution >= 0.6 is 0 Å². The van der Waals surface area contributed by atoms with Gasteiger partial charge in [0.1, 0.15) is 0 Å². The first-order chi connectivity index (χ1) is 8.10. The first-order valence-corrected chi connectivity index (χ1v) is 6.71. The SMILES string of the molecule is CN(CCCCCO)C(=O)C1(C)CCCCN1. The number of nitrogens with zero attached hydrogens (tertiary/aromatic N) is 1. The van der Waals surface area contributed by atoms with Gasteiger partial charge in [0.05, 0.1) is 5.54 Å². The molecule has 0 aliphatic carbocycles. The summed E-state index contributed by atoms with van der Waals surface area (Å²) in [7, 11) is 1.88. The largest absolute Gasteiger partial charge is 0.396 e. The fourth-order valence-electron chi connectivity index (χ4n) is 2.40. The average Bonchev–Trinajstić information content (AvgIpc) is 2.34. The summed E-state index contributed by atoms with van der Waals surface area (Å²) in [5, 5.41) is 12.0. The fraction of sp³-hybridized carbons (Fsp3) is 0.923. The van der Waals surface area contributed by atoms with Gasteiger partial charge in [-0.1, -0.05) is 0 Å². The van der Waals surface area contributed by atoms with Crippen molar-refractivity contribution < 1.29 is 9.90 Å². The summed E-state index contributed by atoms with van der Waals surface area (Å²) in [5.74, 6) is 0.209. The van der Waals surface area contributed by atoms with Gasteiger partial charge in [0, 0.05) is 20.2 Å². The number of carbonyl (C=O) groups excluding carboxylic acids is 1. The van der Waals surface area contributed by atoms with Crippen LogP contribution in [0.2, 0.25) is 0 Å².